The van der Waals surface area contributed by atoms with Gasteiger partial charge in [-0.15, -0.1) is 0 Å². The minimum Gasteiger partial charge on any atom is -0.370 e. The first-order valence-corrected chi connectivity index (χ1v) is 9.85. The number of guanidine groups is 1. The van der Waals surface area contributed by atoms with E-state index in [1.54, 1.807) is 0 Å². The van der Waals surface area contributed by atoms with Crippen molar-refractivity contribution in [2.45, 2.75) is 26.4 Å². The highest BCUT2D eigenvalue weighted by Gasteiger charge is 2.24. The van der Waals surface area contributed by atoms with Gasteiger partial charge in [0.25, 0.3) is 0 Å². The zero-order valence-corrected chi connectivity index (χ0v) is 15.4. The third-order valence-electron chi connectivity index (χ3n) is 4.00. The number of hydrogen-bond acceptors (Lipinski definition) is 3. The minimum atomic E-state index is 0.125. The van der Waals surface area contributed by atoms with Gasteiger partial charge in [-0.2, -0.15) is 11.8 Å². The van der Waals surface area contributed by atoms with Gasteiger partial charge in [-0.05, 0) is 43.4 Å². The molecule has 1 aliphatic rings. The summed E-state index contributed by atoms with van der Waals surface area (Å²) in [7, 11) is 0. The zero-order valence-electron chi connectivity index (χ0n) is 14.5. The van der Waals surface area contributed by atoms with Crippen LogP contribution in [-0.4, -0.2) is 55.7 Å². The van der Waals surface area contributed by atoms with E-state index in [2.05, 4.69) is 54.6 Å². The van der Waals surface area contributed by atoms with Gasteiger partial charge in [-0.25, -0.2) is 0 Å². The van der Waals surface area contributed by atoms with E-state index in [1.165, 1.54) is 11.1 Å². The van der Waals surface area contributed by atoms with Crippen LogP contribution in [0.4, 0.5) is 0 Å². The first-order chi connectivity index (χ1) is 11.3. The Kier molecular flexibility index (Phi) is 7.76. The van der Waals surface area contributed by atoms with Crippen molar-refractivity contribution in [3.05, 3.63) is 35.4 Å². The summed E-state index contributed by atoms with van der Waals surface area (Å²) in [6.45, 7) is 8.56. The Labute approximate surface area is 144 Å². The maximum atomic E-state index is 6.02. The summed E-state index contributed by atoms with van der Waals surface area (Å²) in [5, 5.41) is 3.43. The van der Waals surface area contributed by atoms with Crippen LogP contribution in [0.5, 0.6) is 0 Å². The van der Waals surface area contributed by atoms with Crippen LogP contribution in [0.3, 0.4) is 0 Å². The highest BCUT2D eigenvalue weighted by Crippen LogP contribution is 2.24. The maximum absolute atomic E-state index is 6.02. The predicted molar refractivity (Wildman–Crippen MR) is 100 cm³/mol. The van der Waals surface area contributed by atoms with E-state index in [1.807, 2.05) is 11.8 Å². The summed E-state index contributed by atoms with van der Waals surface area (Å²) in [4.78, 5) is 7.12. The van der Waals surface area contributed by atoms with Gasteiger partial charge < -0.3 is 15.0 Å². The lowest BCUT2D eigenvalue weighted by atomic mass is 10.0. The van der Waals surface area contributed by atoms with Gasteiger partial charge in [0.2, 0.25) is 0 Å². The standard InChI is InChI=1S/C18H29N3OS/c1-4-19-18(20-10-7-13-23-3)21-11-12-22-17(14-21)16-9-6-5-8-15(16)2/h5-6,8-9,17H,4,7,10-14H2,1-3H3,(H,19,20). The first-order valence-electron chi connectivity index (χ1n) is 8.45. The van der Waals surface area contributed by atoms with E-state index in [-0.39, 0.29) is 6.10 Å². The van der Waals surface area contributed by atoms with Crippen LogP contribution in [0.2, 0.25) is 0 Å². The summed E-state index contributed by atoms with van der Waals surface area (Å²) in [6.07, 6.45) is 3.39. The van der Waals surface area contributed by atoms with E-state index in [0.717, 1.165) is 50.9 Å². The third kappa shape index (κ3) is 5.43. The van der Waals surface area contributed by atoms with Crippen molar-refractivity contribution in [1.82, 2.24) is 10.2 Å². The quantitative estimate of drug-likeness (QED) is 0.492. The van der Waals surface area contributed by atoms with Crippen molar-refractivity contribution in [3.8, 4) is 0 Å². The Morgan fingerprint density at radius 1 is 1.43 bits per heavy atom. The molecule has 0 spiro atoms. The van der Waals surface area contributed by atoms with Gasteiger partial charge in [0.05, 0.1) is 13.2 Å². The lowest BCUT2D eigenvalue weighted by Gasteiger charge is -2.35. The number of nitrogens with one attached hydrogen (secondary N) is 1. The molecule has 1 saturated heterocycles. The maximum Gasteiger partial charge on any atom is 0.194 e. The van der Waals surface area contributed by atoms with E-state index in [9.17, 15) is 0 Å². The molecule has 0 aliphatic carbocycles. The van der Waals surface area contributed by atoms with E-state index >= 15 is 0 Å². The number of benzene rings is 1. The highest BCUT2D eigenvalue weighted by molar-refractivity contribution is 7.98. The molecule has 128 valence electrons. The Morgan fingerprint density at radius 2 is 2.26 bits per heavy atom. The molecule has 2 rings (SSSR count). The molecule has 0 bridgehead atoms. The minimum absolute atomic E-state index is 0.125. The third-order valence-corrected chi connectivity index (χ3v) is 4.70. The molecule has 1 N–H and O–H groups in total. The lowest BCUT2D eigenvalue weighted by molar-refractivity contribution is -0.00832. The number of aliphatic imine (C=N–C) groups is 1. The van der Waals surface area contributed by atoms with Crippen molar-refractivity contribution in [2.75, 3.05) is 44.8 Å². The number of nitrogens with zero attached hydrogens (tertiary/aromatic N) is 2. The molecule has 0 saturated carbocycles. The molecule has 1 atom stereocenters. The second kappa shape index (κ2) is 9.83. The molecule has 1 aromatic carbocycles. The number of morpholine rings is 1. The lowest BCUT2D eigenvalue weighted by Crippen LogP contribution is -2.48. The van der Waals surface area contributed by atoms with Crippen molar-refractivity contribution < 1.29 is 4.74 Å². The van der Waals surface area contributed by atoms with Gasteiger partial charge in [0, 0.05) is 19.6 Å². The number of ether oxygens (including phenoxy) is 1. The molecule has 0 amide bonds. The zero-order chi connectivity index (χ0) is 16.5. The summed E-state index contributed by atoms with van der Waals surface area (Å²) in [5.74, 6) is 2.19. The molecule has 1 heterocycles. The van der Waals surface area contributed by atoms with E-state index in [4.69, 9.17) is 9.73 Å². The van der Waals surface area contributed by atoms with Crippen LogP contribution < -0.4 is 5.32 Å². The first kappa shape index (κ1) is 18.1. The average Bonchev–Trinajstić information content (AvgIpc) is 2.58. The second-order valence-electron chi connectivity index (χ2n) is 5.74. The van der Waals surface area contributed by atoms with Crippen LogP contribution >= 0.6 is 11.8 Å². The molecular weight excluding hydrogens is 306 g/mol. The number of hydrogen-bond donors (Lipinski definition) is 1. The summed E-state index contributed by atoms with van der Waals surface area (Å²) >= 11 is 1.88. The average molecular weight is 336 g/mol. The van der Waals surface area contributed by atoms with Gasteiger partial charge in [-0.3, -0.25) is 4.99 Å². The van der Waals surface area contributed by atoms with Crippen molar-refractivity contribution in [2.24, 2.45) is 4.99 Å². The number of rotatable bonds is 6. The molecule has 5 heteroatoms. The van der Waals surface area contributed by atoms with Crippen LogP contribution in [-0.2, 0) is 4.74 Å². The molecule has 1 unspecified atom stereocenters. The topological polar surface area (TPSA) is 36.9 Å². The summed E-state index contributed by atoms with van der Waals surface area (Å²) < 4.78 is 6.02. The van der Waals surface area contributed by atoms with Crippen molar-refractivity contribution in [3.63, 3.8) is 0 Å². The highest BCUT2D eigenvalue weighted by atomic mass is 32.2. The molecule has 23 heavy (non-hydrogen) atoms. The molecule has 1 aliphatic heterocycles. The fourth-order valence-corrected chi connectivity index (χ4v) is 3.22. The monoisotopic (exact) mass is 335 g/mol. The summed E-state index contributed by atoms with van der Waals surface area (Å²) in [5.41, 5.74) is 2.58. The largest absolute Gasteiger partial charge is 0.370 e. The van der Waals surface area contributed by atoms with Crippen LogP contribution in [0.1, 0.15) is 30.6 Å². The smallest absolute Gasteiger partial charge is 0.194 e. The van der Waals surface area contributed by atoms with Crippen molar-refractivity contribution in [1.29, 1.82) is 0 Å². The second-order valence-corrected chi connectivity index (χ2v) is 6.73. The van der Waals surface area contributed by atoms with E-state index < -0.39 is 0 Å². The Balaban J connectivity index is 2.03. The molecule has 0 aromatic heterocycles. The van der Waals surface area contributed by atoms with E-state index in [0.29, 0.717) is 0 Å². The van der Waals surface area contributed by atoms with Gasteiger partial charge in [0.15, 0.2) is 5.96 Å². The van der Waals surface area contributed by atoms with Crippen molar-refractivity contribution >= 4 is 17.7 Å². The fraction of sp³-hybridized carbons (Fsp3) is 0.611. The molecule has 1 fully saturated rings. The molecular formula is C18H29N3OS. The molecule has 1 aromatic rings. The summed E-state index contributed by atoms with van der Waals surface area (Å²) in [6, 6.07) is 8.49. The number of aryl methyl sites for hydroxylation is 1. The van der Waals surface area contributed by atoms with Gasteiger partial charge in [0.1, 0.15) is 6.10 Å². The van der Waals surface area contributed by atoms with Crippen LogP contribution in [0.25, 0.3) is 0 Å². The Hall–Kier alpha value is -1.20. The van der Waals surface area contributed by atoms with Crippen LogP contribution in [0.15, 0.2) is 29.3 Å². The predicted octanol–water partition coefficient (Wildman–Crippen LogP) is 3.09. The normalized spacial score (nSPS) is 19.0. The SMILES string of the molecule is CCNC(=NCCCSC)N1CCOC(c2ccccc2C)C1. The number of thioether (sulfide) groups is 1. The Bertz CT molecular complexity index is 507. The van der Waals surface area contributed by atoms with Gasteiger partial charge in [-0.1, -0.05) is 24.3 Å². The molecule has 4 nitrogen and oxygen atoms in total. The fourth-order valence-electron chi connectivity index (χ4n) is 2.80. The van der Waals surface area contributed by atoms with Crippen LogP contribution in [0, 0.1) is 6.92 Å². The molecule has 0 radical (unpaired) electrons. The van der Waals surface area contributed by atoms with Gasteiger partial charge >= 0.3 is 0 Å². The Morgan fingerprint density at radius 3 is 3.00 bits per heavy atom.